The van der Waals surface area contributed by atoms with Crippen molar-refractivity contribution in [3.63, 3.8) is 0 Å². The molecular formula is C23H22N4O3S. The van der Waals surface area contributed by atoms with E-state index in [1.807, 2.05) is 36.4 Å². The Morgan fingerprint density at radius 3 is 2.74 bits per heavy atom. The highest BCUT2D eigenvalue weighted by molar-refractivity contribution is 7.99. The molecule has 1 N–H and O–H groups in total. The average molecular weight is 435 g/mol. The molecule has 1 aromatic carbocycles. The van der Waals surface area contributed by atoms with E-state index in [9.17, 15) is 9.59 Å². The Kier molecular flexibility index (Phi) is 6.78. The Balaban J connectivity index is 1.33. The number of amides is 2. The summed E-state index contributed by atoms with van der Waals surface area (Å²) in [7, 11) is 0. The smallest absolute Gasteiger partial charge is 0.227 e. The molecule has 0 radical (unpaired) electrons. The predicted molar refractivity (Wildman–Crippen MR) is 120 cm³/mol. The number of benzene rings is 1. The standard InChI is InChI=1S/C23H22N4O3S/c28-21(7-8-22(29)27-14-15-31-20-6-2-1-4-18(20)27)26-23-19(5-3-11-25-23)30-16-17-9-12-24-13-10-17/h1-6,9-13H,7-8,14-16H2,(H,25,26,28). The van der Waals surface area contributed by atoms with E-state index in [0.29, 0.717) is 24.7 Å². The first-order chi connectivity index (χ1) is 15.2. The van der Waals surface area contributed by atoms with E-state index < -0.39 is 0 Å². The van der Waals surface area contributed by atoms with Crippen LogP contribution in [0.4, 0.5) is 11.5 Å². The van der Waals surface area contributed by atoms with Crippen LogP contribution in [0.1, 0.15) is 18.4 Å². The molecule has 7 nitrogen and oxygen atoms in total. The van der Waals surface area contributed by atoms with Gasteiger partial charge in [-0.25, -0.2) is 4.98 Å². The van der Waals surface area contributed by atoms with Gasteiger partial charge in [0.2, 0.25) is 11.8 Å². The highest BCUT2D eigenvalue weighted by Crippen LogP contribution is 2.34. The first-order valence-electron chi connectivity index (χ1n) is 9.99. The lowest BCUT2D eigenvalue weighted by atomic mass is 10.2. The lowest BCUT2D eigenvalue weighted by Crippen LogP contribution is -2.35. The molecule has 31 heavy (non-hydrogen) atoms. The summed E-state index contributed by atoms with van der Waals surface area (Å²) < 4.78 is 5.80. The monoisotopic (exact) mass is 434 g/mol. The van der Waals surface area contributed by atoms with Crippen LogP contribution in [0.5, 0.6) is 5.75 Å². The summed E-state index contributed by atoms with van der Waals surface area (Å²) in [6.45, 7) is 0.983. The number of carbonyl (C=O) groups is 2. The Morgan fingerprint density at radius 2 is 1.87 bits per heavy atom. The van der Waals surface area contributed by atoms with Gasteiger partial charge in [0.25, 0.3) is 0 Å². The van der Waals surface area contributed by atoms with Crippen LogP contribution < -0.4 is 15.0 Å². The largest absolute Gasteiger partial charge is 0.485 e. The van der Waals surface area contributed by atoms with Gasteiger partial charge in [0.1, 0.15) is 6.61 Å². The third kappa shape index (κ3) is 5.40. The fraction of sp³-hybridized carbons (Fsp3) is 0.217. The van der Waals surface area contributed by atoms with Gasteiger partial charge in [-0.2, -0.15) is 0 Å². The number of anilines is 2. The second-order valence-electron chi connectivity index (χ2n) is 6.90. The molecule has 0 spiro atoms. The molecule has 0 aliphatic carbocycles. The highest BCUT2D eigenvalue weighted by Gasteiger charge is 2.23. The lowest BCUT2D eigenvalue weighted by molar-refractivity contribution is -0.122. The van der Waals surface area contributed by atoms with Crippen molar-refractivity contribution >= 4 is 35.1 Å². The fourth-order valence-electron chi connectivity index (χ4n) is 3.22. The van der Waals surface area contributed by atoms with E-state index in [0.717, 1.165) is 21.9 Å². The van der Waals surface area contributed by atoms with Gasteiger partial charge in [0.15, 0.2) is 11.6 Å². The summed E-state index contributed by atoms with van der Waals surface area (Å²) in [5, 5.41) is 2.76. The second-order valence-corrected chi connectivity index (χ2v) is 8.04. The van der Waals surface area contributed by atoms with Crippen LogP contribution in [0.2, 0.25) is 0 Å². The van der Waals surface area contributed by atoms with E-state index in [4.69, 9.17) is 4.74 Å². The predicted octanol–water partition coefficient (Wildman–Crippen LogP) is 3.91. The maximum atomic E-state index is 12.7. The fourth-order valence-corrected chi connectivity index (χ4v) is 4.21. The summed E-state index contributed by atoms with van der Waals surface area (Å²) in [6, 6.07) is 15.1. The molecule has 0 fully saturated rings. The number of carbonyl (C=O) groups excluding carboxylic acids is 2. The van der Waals surface area contributed by atoms with Gasteiger partial charge < -0.3 is 15.0 Å². The number of para-hydroxylation sites is 1. The van der Waals surface area contributed by atoms with Gasteiger partial charge in [-0.3, -0.25) is 14.6 Å². The van der Waals surface area contributed by atoms with Crippen LogP contribution in [0.3, 0.4) is 0 Å². The molecule has 0 bridgehead atoms. The molecule has 0 atom stereocenters. The number of thioether (sulfide) groups is 1. The summed E-state index contributed by atoms with van der Waals surface area (Å²) in [5.74, 6) is 1.33. The SMILES string of the molecule is O=C(CCC(=O)N1CCSc2ccccc21)Nc1ncccc1OCc1ccncc1. The van der Waals surface area contributed by atoms with E-state index in [-0.39, 0.29) is 24.7 Å². The topological polar surface area (TPSA) is 84.4 Å². The zero-order chi connectivity index (χ0) is 21.5. The maximum absolute atomic E-state index is 12.7. The van der Waals surface area contributed by atoms with Crippen molar-refractivity contribution in [2.24, 2.45) is 0 Å². The zero-order valence-corrected chi connectivity index (χ0v) is 17.7. The van der Waals surface area contributed by atoms with Crippen LogP contribution in [0.15, 0.2) is 72.0 Å². The van der Waals surface area contributed by atoms with Gasteiger partial charge in [0, 0.05) is 48.6 Å². The Morgan fingerprint density at radius 1 is 1.03 bits per heavy atom. The van der Waals surface area contributed by atoms with Crippen LogP contribution >= 0.6 is 11.8 Å². The normalized spacial score (nSPS) is 12.7. The second kappa shape index (κ2) is 10.1. The third-order valence-corrected chi connectivity index (χ3v) is 5.81. The Bertz CT molecular complexity index is 1060. The van der Waals surface area contributed by atoms with Crippen molar-refractivity contribution in [3.05, 3.63) is 72.7 Å². The number of nitrogens with zero attached hydrogens (tertiary/aromatic N) is 3. The minimum absolute atomic E-state index is 0.0573. The number of fused-ring (bicyclic) bond motifs is 1. The molecule has 0 saturated carbocycles. The van der Waals surface area contributed by atoms with Crippen molar-refractivity contribution in [2.75, 3.05) is 22.5 Å². The molecule has 4 rings (SSSR count). The number of rotatable bonds is 7. The van der Waals surface area contributed by atoms with E-state index in [2.05, 4.69) is 15.3 Å². The first kappa shape index (κ1) is 20.9. The molecule has 0 unspecified atom stereocenters. The van der Waals surface area contributed by atoms with E-state index in [1.165, 1.54) is 0 Å². The molecular weight excluding hydrogens is 412 g/mol. The Labute approximate surface area is 184 Å². The van der Waals surface area contributed by atoms with E-state index >= 15 is 0 Å². The van der Waals surface area contributed by atoms with Gasteiger partial charge >= 0.3 is 0 Å². The number of ether oxygens (including phenoxy) is 1. The Hall–Kier alpha value is -3.39. The number of pyridine rings is 2. The zero-order valence-electron chi connectivity index (χ0n) is 16.9. The summed E-state index contributed by atoms with van der Waals surface area (Å²) in [5.41, 5.74) is 1.88. The van der Waals surface area contributed by atoms with Crippen LogP contribution in [0.25, 0.3) is 0 Å². The van der Waals surface area contributed by atoms with Crippen LogP contribution in [-0.2, 0) is 16.2 Å². The average Bonchev–Trinajstić information content (AvgIpc) is 2.82. The van der Waals surface area contributed by atoms with Gasteiger partial charge in [0.05, 0.1) is 5.69 Å². The van der Waals surface area contributed by atoms with Gasteiger partial charge in [-0.1, -0.05) is 12.1 Å². The van der Waals surface area contributed by atoms with Gasteiger partial charge in [-0.15, -0.1) is 11.8 Å². The number of hydrogen-bond acceptors (Lipinski definition) is 6. The molecule has 3 heterocycles. The van der Waals surface area contributed by atoms with E-state index in [1.54, 1.807) is 47.4 Å². The lowest BCUT2D eigenvalue weighted by Gasteiger charge is -2.29. The molecule has 1 aliphatic rings. The van der Waals surface area contributed by atoms with Crippen molar-refractivity contribution < 1.29 is 14.3 Å². The quantitative estimate of drug-likeness (QED) is 0.607. The maximum Gasteiger partial charge on any atom is 0.227 e. The van der Waals surface area contributed by atoms with Crippen LogP contribution in [0, 0.1) is 0 Å². The summed E-state index contributed by atoms with van der Waals surface area (Å²) in [6.07, 6.45) is 5.18. The molecule has 2 aromatic heterocycles. The molecule has 2 amide bonds. The van der Waals surface area contributed by atoms with Crippen molar-refractivity contribution in [1.29, 1.82) is 0 Å². The molecule has 158 valence electrons. The minimum Gasteiger partial charge on any atom is -0.485 e. The van der Waals surface area contributed by atoms with Crippen molar-refractivity contribution in [1.82, 2.24) is 9.97 Å². The van der Waals surface area contributed by atoms with Crippen molar-refractivity contribution in [2.45, 2.75) is 24.3 Å². The molecule has 8 heteroatoms. The molecule has 1 aliphatic heterocycles. The highest BCUT2D eigenvalue weighted by atomic mass is 32.2. The van der Waals surface area contributed by atoms with Crippen molar-refractivity contribution in [3.8, 4) is 5.75 Å². The number of aromatic nitrogens is 2. The summed E-state index contributed by atoms with van der Waals surface area (Å²) >= 11 is 1.74. The third-order valence-electron chi connectivity index (χ3n) is 4.77. The first-order valence-corrected chi connectivity index (χ1v) is 11.0. The number of hydrogen-bond donors (Lipinski definition) is 1. The molecule has 3 aromatic rings. The van der Waals surface area contributed by atoms with Crippen LogP contribution in [-0.4, -0.2) is 34.1 Å². The van der Waals surface area contributed by atoms with Gasteiger partial charge in [-0.05, 0) is 42.0 Å². The summed E-state index contributed by atoms with van der Waals surface area (Å²) in [4.78, 5) is 36.3. The molecule has 0 saturated heterocycles. The minimum atomic E-state index is -0.277. The number of nitrogens with one attached hydrogen (secondary N) is 1.